The molecule has 108 valence electrons. The van der Waals surface area contributed by atoms with E-state index in [1.165, 1.54) is 0 Å². The molecular weight excluding hydrogens is 254 g/mol. The Morgan fingerprint density at radius 1 is 1.45 bits per heavy atom. The van der Waals surface area contributed by atoms with Crippen LogP contribution in [0.3, 0.4) is 0 Å². The van der Waals surface area contributed by atoms with E-state index in [0.29, 0.717) is 19.6 Å². The lowest BCUT2D eigenvalue weighted by atomic mass is 10.1. The van der Waals surface area contributed by atoms with Crippen LogP contribution >= 0.6 is 0 Å². The van der Waals surface area contributed by atoms with Gasteiger partial charge in [-0.1, -0.05) is 25.1 Å². The standard InChI is InChI=1S/C15H21N3O2/c1-3-12-6-4-5-11(2)15(12)17-14(20)10-18-8-7-16-13(19)9-18/h4-6H,3,7-10H2,1-2H3,(H,16,19)(H,17,20). The summed E-state index contributed by atoms with van der Waals surface area (Å²) in [4.78, 5) is 25.3. The number of rotatable bonds is 4. The van der Waals surface area contributed by atoms with Crippen LogP contribution in [0.15, 0.2) is 18.2 Å². The fourth-order valence-electron chi connectivity index (χ4n) is 2.41. The normalized spacial score (nSPS) is 15.8. The van der Waals surface area contributed by atoms with E-state index in [9.17, 15) is 9.59 Å². The van der Waals surface area contributed by atoms with Crippen molar-refractivity contribution in [2.45, 2.75) is 20.3 Å². The topological polar surface area (TPSA) is 61.4 Å². The van der Waals surface area contributed by atoms with Crippen LogP contribution in [0.2, 0.25) is 0 Å². The lowest BCUT2D eigenvalue weighted by molar-refractivity contribution is -0.125. The molecule has 0 aromatic heterocycles. The van der Waals surface area contributed by atoms with Crippen LogP contribution in [0.5, 0.6) is 0 Å². The molecule has 2 amide bonds. The molecule has 1 aliphatic heterocycles. The van der Waals surface area contributed by atoms with Gasteiger partial charge < -0.3 is 10.6 Å². The van der Waals surface area contributed by atoms with Gasteiger partial charge in [0.25, 0.3) is 0 Å². The van der Waals surface area contributed by atoms with Crippen LogP contribution in [-0.4, -0.2) is 42.9 Å². The summed E-state index contributed by atoms with van der Waals surface area (Å²) < 4.78 is 0. The Kier molecular flexibility index (Phi) is 4.74. The van der Waals surface area contributed by atoms with Crippen LogP contribution in [0, 0.1) is 6.92 Å². The summed E-state index contributed by atoms with van der Waals surface area (Å²) in [5, 5.41) is 5.73. The zero-order chi connectivity index (χ0) is 14.5. The average molecular weight is 275 g/mol. The molecule has 1 aromatic carbocycles. The lowest BCUT2D eigenvalue weighted by Crippen LogP contribution is -2.49. The molecule has 1 saturated heterocycles. The van der Waals surface area contributed by atoms with Gasteiger partial charge in [-0.3, -0.25) is 14.5 Å². The zero-order valence-corrected chi connectivity index (χ0v) is 12.0. The van der Waals surface area contributed by atoms with E-state index >= 15 is 0 Å². The Labute approximate surface area is 119 Å². The molecule has 0 saturated carbocycles. The second kappa shape index (κ2) is 6.52. The molecule has 2 rings (SSSR count). The second-order valence-electron chi connectivity index (χ2n) is 5.07. The van der Waals surface area contributed by atoms with E-state index in [1.54, 1.807) is 0 Å². The third-order valence-electron chi connectivity index (χ3n) is 3.49. The maximum Gasteiger partial charge on any atom is 0.238 e. The van der Waals surface area contributed by atoms with Crippen LogP contribution in [0.1, 0.15) is 18.1 Å². The molecule has 0 atom stereocenters. The third kappa shape index (κ3) is 3.57. The Hall–Kier alpha value is -1.88. The monoisotopic (exact) mass is 275 g/mol. The first-order valence-corrected chi connectivity index (χ1v) is 6.97. The van der Waals surface area contributed by atoms with E-state index in [0.717, 1.165) is 23.2 Å². The lowest BCUT2D eigenvalue weighted by Gasteiger charge is -2.26. The molecule has 0 unspecified atom stereocenters. The average Bonchev–Trinajstić information content (AvgIpc) is 2.41. The van der Waals surface area contributed by atoms with E-state index in [2.05, 4.69) is 17.6 Å². The minimum atomic E-state index is -0.0660. The van der Waals surface area contributed by atoms with E-state index in [1.807, 2.05) is 30.0 Å². The van der Waals surface area contributed by atoms with Crippen molar-refractivity contribution in [2.24, 2.45) is 0 Å². The number of piperazine rings is 1. The van der Waals surface area contributed by atoms with Crippen molar-refractivity contribution in [2.75, 3.05) is 31.5 Å². The number of hydrogen-bond donors (Lipinski definition) is 2. The summed E-state index contributed by atoms with van der Waals surface area (Å²) in [5.74, 6) is -0.0853. The molecule has 0 radical (unpaired) electrons. The number of benzene rings is 1. The van der Waals surface area contributed by atoms with Gasteiger partial charge in [0.05, 0.1) is 13.1 Å². The van der Waals surface area contributed by atoms with Gasteiger partial charge >= 0.3 is 0 Å². The molecule has 20 heavy (non-hydrogen) atoms. The van der Waals surface area contributed by atoms with Crippen molar-refractivity contribution < 1.29 is 9.59 Å². The second-order valence-corrected chi connectivity index (χ2v) is 5.07. The van der Waals surface area contributed by atoms with Gasteiger partial charge in [-0.05, 0) is 24.5 Å². The van der Waals surface area contributed by atoms with E-state index < -0.39 is 0 Å². The molecule has 5 nitrogen and oxygen atoms in total. The van der Waals surface area contributed by atoms with Crippen molar-refractivity contribution in [3.63, 3.8) is 0 Å². The molecule has 1 aromatic rings. The van der Waals surface area contributed by atoms with E-state index in [-0.39, 0.29) is 18.4 Å². The summed E-state index contributed by atoms with van der Waals surface area (Å²) in [7, 11) is 0. The summed E-state index contributed by atoms with van der Waals surface area (Å²) in [5.41, 5.74) is 3.10. The van der Waals surface area contributed by atoms with Gasteiger partial charge in [-0.2, -0.15) is 0 Å². The maximum atomic E-state index is 12.1. The van der Waals surface area contributed by atoms with Gasteiger partial charge in [0.1, 0.15) is 0 Å². The molecule has 1 heterocycles. The molecule has 0 bridgehead atoms. The number of anilines is 1. The summed E-state index contributed by atoms with van der Waals surface area (Å²) >= 11 is 0. The number of aryl methyl sites for hydroxylation is 2. The Balaban J connectivity index is 1.99. The summed E-state index contributed by atoms with van der Waals surface area (Å²) in [6, 6.07) is 6.01. The fraction of sp³-hybridized carbons (Fsp3) is 0.467. The number of amides is 2. The highest BCUT2D eigenvalue weighted by atomic mass is 16.2. The van der Waals surface area contributed by atoms with Gasteiger partial charge in [-0.15, -0.1) is 0 Å². The fourth-order valence-corrected chi connectivity index (χ4v) is 2.41. The van der Waals surface area contributed by atoms with Crippen LogP contribution in [0.25, 0.3) is 0 Å². The highest BCUT2D eigenvalue weighted by Crippen LogP contribution is 2.20. The van der Waals surface area contributed by atoms with E-state index in [4.69, 9.17) is 0 Å². The largest absolute Gasteiger partial charge is 0.354 e. The first kappa shape index (κ1) is 14.5. The van der Waals surface area contributed by atoms with Crippen LogP contribution in [0.4, 0.5) is 5.69 Å². The Morgan fingerprint density at radius 2 is 2.25 bits per heavy atom. The first-order chi connectivity index (χ1) is 9.60. The molecule has 1 aliphatic rings. The quantitative estimate of drug-likeness (QED) is 0.859. The Bertz CT molecular complexity index is 514. The van der Waals surface area contributed by atoms with Crippen molar-refractivity contribution in [3.05, 3.63) is 29.3 Å². The molecule has 2 N–H and O–H groups in total. The minimum absolute atomic E-state index is 0.0193. The van der Waals surface area contributed by atoms with Gasteiger partial charge in [-0.25, -0.2) is 0 Å². The SMILES string of the molecule is CCc1cccc(C)c1NC(=O)CN1CCNC(=O)C1. The van der Waals surface area contributed by atoms with Crippen molar-refractivity contribution in [1.29, 1.82) is 0 Å². The molecule has 5 heteroatoms. The minimum Gasteiger partial charge on any atom is -0.354 e. The highest BCUT2D eigenvalue weighted by molar-refractivity contribution is 5.94. The van der Waals surface area contributed by atoms with Crippen LogP contribution in [-0.2, 0) is 16.0 Å². The number of nitrogens with one attached hydrogen (secondary N) is 2. The smallest absolute Gasteiger partial charge is 0.238 e. The number of carbonyl (C=O) groups is 2. The van der Waals surface area contributed by atoms with Gasteiger partial charge in [0.2, 0.25) is 11.8 Å². The van der Waals surface area contributed by atoms with Crippen molar-refractivity contribution >= 4 is 17.5 Å². The molecule has 0 spiro atoms. The maximum absolute atomic E-state index is 12.1. The number of nitrogens with zero attached hydrogens (tertiary/aromatic N) is 1. The predicted molar refractivity (Wildman–Crippen MR) is 78.6 cm³/mol. The number of para-hydroxylation sites is 1. The van der Waals surface area contributed by atoms with Crippen LogP contribution < -0.4 is 10.6 Å². The summed E-state index contributed by atoms with van der Waals surface area (Å²) in [6.07, 6.45) is 0.878. The molecule has 0 aliphatic carbocycles. The van der Waals surface area contributed by atoms with Crippen molar-refractivity contribution in [3.8, 4) is 0 Å². The first-order valence-electron chi connectivity index (χ1n) is 6.97. The Morgan fingerprint density at radius 3 is 2.95 bits per heavy atom. The third-order valence-corrected chi connectivity index (χ3v) is 3.49. The highest BCUT2D eigenvalue weighted by Gasteiger charge is 2.19. The number of hydrogen-bond acceptors (Lipinski definition) is 3. The summed E-state index contributed by atoms with van der Waals surface area (Å²) in [6.45, 7) is 5.93. The predicted octanol–water partition coefficient (Wildman–Crippen LogP) is 0.928. The van der Waals surface area contributed by atoms with Gasteiger partial charge in [0, 0.05) is 18.8 Å². The number of carbonyl (C=O) groups excluding carboxylic acids is 2. The van der Waals surface area contributed by atoms with Crippen molar-refractivity contribution in [1.82, 2.24) is 10.2 Å². The van der Waals surface area contributed by atoms with Gasteiger partial charge in [0.15, 0.2) is 0 Å². The zero-order valence-electron chi connectivity index (χ0n) is 12.0. The molecule has 1 fully saturated rings. The molecular formula is C15H21N3O2.